The van der Waals surface area contributed by atoms with Crippen LogP contribution < -0.4 is 0 Å². The van der Waals surface area contributed by atoms with E-state index in [-0.39, 0.29) is 5.91 Å². The van der Waals surface area contributed by atoms with E-state index >= 15 is 0 Å². The molecule has 0 radical (unpaired) electrons. The van der Waals surface area contributed by atoms with Crippen LogP contribution in [0.15, 0.2) is 0 Å². The maximum Gasteiger partial charge on any atom is 0.236 e. The van der Waals surface area contributed by atoms with E-state index in [1.165, 1.54) is 23.4 Å². The Labute approximate surface area is 139 Å². The molecule has 23 heavy (non-hydrogen) atoms. The van der Waals surface area contributed by atoms with Crippen LogP contribution in [0.5, 0.6) is 0 Å². The van der Waals surface area contributed by atoms with Crippen molar-refractivity contribution in [1.29, 1.82) is 0 Å². The van der Waals surface area contributed by atoms with E-state index in [0.717, 1.165) is 6.54 Å². The molecule has 0 unspecified atom stereocenters. The SMILES string of the molecule is COCCN(CC(=O)N1CCN(S(C)(=O)=O)CC1)[C@@H](C)C1CC1. The number of hydrogen-bond acceptors (Lipinski definition) is 5. The van der Waals surface area contributed by atoms with Crippen molar-refractivity contribution < 1.29 is 17.9 Å². The van der Waals surface area contributed by atoms with Crippen LogP contribution in [0.1, 0.15) is 19.8 Å². The summed E-state index contributed by atoms with van der Waals surface area (Å²) < 4.78 is 29.7. The monoisotopic (exact) mass is 347 g/mol. The van der Waals surface area contributed by atoms with E-state index in [1.54, 1.807) is 12.0 Å². The highest BCUT2D eigenvalue weighted by molar-refractivity contribution is 7.88. The summed E-state index contributed by atoms with van der Waals surface area (Å²) in [6.07, 6.45) is 3.70. The average Bonchev–Trinajstić information content (AvgIpc) is 3.34. The zero-order valence-electron chi connectivity index (χ0n) is 14.4. The first-order valence-electron chi connectivity index (χ1n) is 8.29. The molecule has 8 heteroatoms. The maximum absolute atomic E-state index is 12.6. The minimum Gasteiger partial charge on any atom is -0.383 e. The quantitative estimate of drug-likeness (QED) is 0.610. The Morgan fingerprint density at radius 3 is 2.35 bits per heavy atom. The Balaban J connectivity index is 1.86. The molecule has 134 valence electrons. The molecule has 1 heterocycles. The highest BCUT2D eigenvalue weighted by Gasteiger charge is 2.34. The number of methoxy groups -OCH3 is 1. The van der Waals surface area contributed by atoms with Gasteiger partial charge in [-0.3, -0.25) is 9.69 Å². The number of sulfonamides is 1. The fourth-order valence-electron chi connectivity index (χ4n) is 3.05. The highest BCUT2D eigenvalue weighted by Crippen LogP contribution is 2.35. The van der Waals surface area contributed by atoms with E-state index in [4.69, 9.17) is 4.74 Å². The van der Waals surface area contributed by atoms with Crippen LogP contribution in [-0.4, -0.2) is 93.7 Å². The standard InChI is InChI=1S/C15H29N3O4S/c1-13(14-4-5-14)17(10-11-22-2)12-15(19)16-6-8-18(9-7-16)23(3,20)21/h13-14H,4-12H2,1-3H3/t13-/m0/s1. The van der Waals surface area contributed by atoms with Crippen molar-refractivity contribution in [1.82, 2.24) is 14.1 Å². The number of carbonyl (C=O) groups is 1. The molecule has 0 aromatic rings. The summed E-state index contributed by atoms with van der Waals surface area (Å²) in [5.74, 6) is 0.781. The number of ether oxygens (including phenoxy) is 1. The molecule has 1 aliphatic heterocycles. The van der Waals surface area contributed by atoms with Gasteiger partial charge in [0.2, 0.25) is 15.9 Å². The van der Waals surface area contributed by atoms with E-state index < -0.39 is 10.0 Å². The molecule has 7 nitrogen and oxygen atoms in total. The predicted molar refractivity (Wildman–Crippen MR) is 88.6 cm³/mol. The number of amides is 1. The zero-order valence-corrected chi connectivity index (χ0v) is 15.2. The van der Waals surface area contributed by atoms with Gasteiger partial charge in [-0.2, -0.15) is 4.31 Å². The molecule has 0 aromatic heterocycles. The number of carbonyl (C=O) groups excluding carboxylic acids is 1. The van der Waals surface area contributed by atoms with Gasteiger partial charge >= 0.3 is 0 Å². The van der Waals surface area contributed by atoms with Gasteiger partial charge in [-0.25, -0.2) is 8.42 Å². The highest BCUT2D eigenvalue weighted by atomic mass is 32.2. The number of rotatable bonds is 8. The molecule has 1 atom stereocenters. The topological polar surface area (TPSA) is 70.2 Å². The molecule has 0 spiro atoms. The van der Waals surface area contributed by atoms with E-state index in [9.17, 15) is 13.2 Å². The maximum atomic E-state index is 12.6. The van der Waals surface area contributed by atoms with Crippen molar-refractivity contribution in [3.63, 3.8) is 0 Å². The molecule has 0 N–H and O–H groups in total. The molecule has 1 aliphatic carbocycles. The summed E-state index contributed by atoms with van der Waals surface area (Å²) in [4.78, 5) is 16.5. The first-order valence-corrected chi connectivity index (χ1v) is 10.1. The van der Waals surface area contributed by atoms with Gasteiger partial charge in [-0.05, 0) is 25.7 Å². The zero-order chi connectivity index (χ0) is 17.0. The first kappa shape index (κ1) is 18.6. The number of hydrogen-bond donors (Lipinski definition) is 0. The van der Waals surface area contributed by atoms with Crippen molar-refractivity contribution in [2.24, 2.45) is 5.92 Å². The average molecular weight is 347 g/mol. The lowest BCUT2D eigenvalue weighted by atomic mass is 10.1. The predicted octanol–water partition coefficient (Wildman–Crippen LogP) is -0.163. The van der Waals surface area contributed by atoms with Crippen molar-refractivity contribution in [3.8, 4) is 0 Å². The summed E-state index contributed by atoms with van der Waals surface area (Å²) in [7, 11) is -1.49. The lowest BCUT2D eigenvalue weighted by molar-refractivity contribution is -0.134. The Hall–Kier alpha value is -0.700. The van der Waals surface area contributed by atoms with Crippen LogP contribution in [0.2, 0.25) is 0 Å². The Morgan fingerprint density at radius 1 is 1.26 bits per heavy atom. The van der Waals surface area contributed by atoms with E-state index in [2.05, 4.69) is 11.8 Å². The number of nitrogens with zero attached hydrogens (tertiary/aromatic N) is 3. The lowest BCUT2D eigenvalue weighted by Crippen LogP contribution is -2.53. The van der Waals surface area contributed by atoms with Crippen molar-refractivity contribution in [2.75, 3.05) is 59.2 Å². The lowest BCUT2D eigenvalue weighted by Gasteiger charge is -2.36. The summed E-state index contributed by atoms with van der Waals surface area (Å²) in [6, 6.07) is 0.395. The van der Waals surface area contributed by atoms with Crippen LogP contribution in [0.4, 0.5) is 0 Å². The van der Waals surface area contributed by atoms with E-state index in [0.29, 0.717) is 51.3 Å². The minimum absolute atomic E-state index is 0.0850. The second-order valence-corrected chi connectivity index (χ2v) is 8.57. The first-order chi connectivity index (χ1) is 10.8. The Morgan fingerprint density at radius 2 is 1.87 bits per heavy atom. The smallest absolute Gasteiger partial charge is 0.236 e. The normalized spacial score (nSPS) is 21.7. The summed E-state index contributed by atoms with van der Waals surface area (Å²) in [6.45, 7) is 5.67. The molecule has 0 bridgehead atoms. The van der Waals surface area contributed by atoms with Gasteiger partial charge in [0.25, 0.3) is 0 Å². The Bertz CT molecular complexity index is 499. The van der Waals surface area contributed by atoms with Crippen molar-refractivity contribution >= 4 is 15.9 Å². The molecular formula is C15H29N3O4S. The van der Waals surface area contributed by atoms with Crippen LogP contribution in [0, 0.1) is 5.92 Å². The van der Waals surface area contributed by atoms with Gasteiger partial charge in [0, 0.05) is 45.9 Å². The van der Waals surface area contributed by atoms with Gasteiger partial charge in [0.15, 0.2) is 0 Å². The summed E-state index contributed by atoms with van der Waals surface area (Å²) in [5, 5.41) is 0. The summed E-state index contributed by atoms with van der Waals surface area (Å²) >= 11 is 0. The molecule has 1 saturated carbocycles. The molecule has 1 saturated heterocycles. The van der Waals surface area contributed by atoms with Crippen molar-refractivity contribution in [3.05, 3.63) is 0 Å². The third-order valence-corrected chi connectivity index (χ3v) is 6.16. The molecule has 2 rings (SSSR count). The van der Waals surface area contributed by atoms with Crippen LogP contribution >= 0.6 is 0 Å². The van der Waals surface area contributed by atoms with Crippen LogP contribution in [0.25, 0.3) is 0 Å². The third-order valence-electron chi connectivity index (χ3n) is 4.86. The largest absolute Gasteiger partial charge is 0.383 e. The second-order valence-electron chi connectivity index (χ2n) is 6.58. The van der Waals surface area contributed by atoms with Gasteiger partial charge in [-0.1, -0.05) is 0 Å². The van der Waals surface area contributed by atoms with Crippen LogP contribution in [0.3, 0.4) is 0 Å². The molecule has 1 amide bonds. The minimum atomic E-state index is -3.16. The van der Waals surface area contributed by atoms with Gasteiger partial charge in [0.1, 0.15) is 0 Å². The third kappa shape index (κ3) is 5.41. The Kier molecular flexibility index (Phi) is 6.41. The fraction of sp³-hybridized carbons (Fsp3) is 0.933. The van der Waals surface area contributed by atoms with Gasteiger partial charge in [-0.15, -0.1) is 0 Å². The fourth-order valence-corrected chi connectivity index (χ4v) is 3.88. The van der Waals surface area contributed by atoms with Gasteiger partial charge in [0.05, 0.1) is 19.4 Å². The molecular weight excluding hydrogens is 318 g/mol. The molecule has 2 aliphatic rings. The van der Waals surface area contributed by atoms with E-state index in [1.807, 2.05) is 0 Å². The number of piperazine rings is 1. The summed E-state index contributed by atoms with van der Waals surface area (Å²) in [5.41, 5.74) is 0. The molecule has 2 fully saturated rings. The molecule has 0 aromatic carbocycles. The second kappa shape index (κ2) is 7.92. The van der Waals surface area contributed by atoms with Gasteiger partial charge < -0.3 is 9.64 Å². The van der Waals surface area contributed by atoms with Crippen LogP contribution in [-0.2, 0) is 19.6 Å². The van der Waals surface area contributed by atoms with Crippen molar-refractivity contribution in [2.45, 2.75) is 25.8 Å².